The summed E-state index contributed by atoms with van der Waals surface area (Å²) in [4.78, 5) is 11.8. The van der Waals surface area contributed by atoms with Crippen LogP contribution in [0.4, 0.5) is 0 Å². The summed E-state index contributed by atoms with van der Waals surface area (Å²) in [6, 6.07) is 9.33. The van der Waals surface area contributed by atoms with Crippen LogP contribution < -0.4 is 5.32 Å². The van der Waals surface area contributed by atoms with E-state index in [4.69, 9.17) is 0 Å². The minimum Gasteiger partial charge on any atom is -0.388 e. The van der Waals surface area contributed by atoms with E-state index in [0.717, 1.165) is 30.6 Å². The average Bonchev–Trinajstić information content (AvgIpc) is 2.30. The minimum absolute atomic E-state index is 0.120. The third kappa shape index (κ3) is 4.30. The highest BCUT2D eigenvalue weighted by molar-refractivity contribution is 5.97. The van der Waals surface area contributed by atoms with Gasteiger partial charge in [0.05, 0.1) is 6.42 Å². The van der Waals surface area contributed by atoms with E-state index in [1.807, 2.05) is 30.3 Å². The van der Waals surface area contributed by atoms with Gasteiger partial charge < -0.3 is 5.32 Å². The maximum Gasteiger partial charge on any atom is 0.168 e. The number of nitrogens with one attached hydrogen (secondary N) is 1. The zero-order valence-electron chi connectivity index (χ0n) is 9.83. The van der Waals surface area contributed by atoms with E-state index in [0.29, 0.717) is 6.42 Å². The van der Waals surface area contributed by atoms with Crippen molar-refractivity contribution in [2.24, 2.45) is 0 Å². The number of unbranched alkanes of at least 4 members (excludes halogenated alkanes) is 1. The van der Waals surface area contributed by atoms with Crippen molar-refractivity contribution in [3.8, 4) is 0 Å². The van der Waals surface area contributed by atoms with Crippen molar-refractivity contribution < 1.29 is 4.79 Å². The summed E-state index contributed by atoms with van der Waals surface area (Å²) >= 11 is 0. The number of allylic oxidation sites excluding steroid dienone is 1. The van der Waals surface area contributed by atoms with Crippen LogP contribution in [0.5, 0.6) is 0 Å². The summed E-state index contributed by atoms with van der Waals surface area (Å²) in [5, 5.41) is 3.17. The predicted molar refractivity (Wildman–Crippen MR) is 67.4 cm³/mol. The van der Waals surface area contributed by atoms with Gasteiger partial charge in [0.25, 0.3) is 0 Å². The predicted octanol–water partition coefficient (Wildman–Crippen LogP) is 3.16. The topological polar surface area (TPSA) is 29.1 Å². The molecule has 1 N–H and O–H groups in total. The number of ketones is 1. The van der Waals surface area contributed by atoms with Gasteiger partial charge in [-0.25, -0.2) is 0 Å². The van der Waals surface area contributed by atoms with Crippen LogP contribution >= 0.6 is 0 Å². The van der Waals surface area contributed by atoms with E-state index in [-0.39, 0.29) is 5.78 Å². The van der Waals surface area contributed by atoms with E-state index in [1.54, 1.807) is 0 Å². The van der Waals surface area contributed by atoms with Gasteiger partial charge in [0.1, 0.15) is 0 Å². The van der Waals surface area contributed by atoms with Gasteiger partial charge in [-0.2, -0.15) is 0 Å². The van der Waals surface area contributed by atoms with Gasteiger partial charge in [0.15, 0.2) is 5.78 Å². The van der Waals surface area contributed by atoms with Gasteiger partial charge in [-0.15, -0.1) is 0 Å². The SMILES string of the molecule is C=C(CC(=O)c1ccccc1)NCCCC. The van der Waals surface area contributed by atoms with Crippen LogP contribution in [0.15, 0.2) is 42.6 Å². The van der Waals surface area contributed by atoms with Crippen LogP contribution in [-0.2, 0) is 0 Å². The summed E-state index contributed by atoms with van der Waals surface area (Å²) < 4.78 is 0. The molecule has 0 atom stereocenters. The fraction of sp³-hybridized carbons (Fsp3) is 0.357. The van der Waals surface area contributed by atoms with Gasteiger partial charge in [-0.05, 0) is 6.42 Å². The van der Waals surface area contributed by atoms with Crippen molar-refractivity contribution in [1.82, 2.24) is 5.32 Å². The normalized spacial score (nSPS) is 9.81. The number of benzene rings is 1. The molecular formula is C14H19NO. The molecule has 0 aliphatic rings. The first-order valence-electron chi connectivity index (χ1n) is 5.74. The highest BCUT2D eigenvalue weighted by Gasteiger charge is 2.06. The van der Waals surface area contributed by atoms with E-state index in [2.05, 4.69) is 18.8 Å². The first-order valence-corrected chi connectivity index (χ1v) is 5.74. The zero-order chi connectivity index (χ0) is 11.8. The molecule has 1 rings (SSSR count). The van der Waals surface area contributed by atoms with Crippen molar-refractivity contribution in [3.05, 3.63) is 48.2 Å². The van der Waals surface area contributed by atoms with Gasteiger partial charge >= 0.3 is 0 Å². The van der Waals surface area contributed by atoms with E-state index >= 15 is 0 Å². The molecule has 1 aromatic rings. The second kappa shape index (κ2) is 6.83. The molecule has 0 spiro atoms. The second-order valence-corrected chi connectivity index (χ2v) is 3.85. The largest absolute Gasteiger partial charge is 0.388 e. The molecule has 0 saturated carbocycles. The summed E-state index contributed by atoms with van der Waals surface area (Å²) in [5.41, 5.74) is 1.56. The number of rotatable bonds is 7. The lowest BCUT2D eigenvalue weighted by Gasteiger charge is -2.08. The Morgan fingerprint density at radius 1 is 1.31 bits per heavy atom. The monoisotopic (exact) mass is 217 g/mol. The zero-order valence-corrected chi connectivity index (χ0v) is 9.83. The average molecular weight is 217 g/mol. The van der Waals surface area contributed by atoms with E-state index in [9.17, 15) is 4.79 Å². The highest BCUT2D eigenvalue weighted by atomic mass is 16.1. The fourth-order valence-corrected chi connectivity index (χ4v) is 1.42. The third-order valence-corrected chi connectivity index (χ3v) is 2.38. The quantitative estimate of drug-likeness (QED) is 0.561. The fourth-order valence-electron chi connectivity index (χ4n) is 1.42. The van der Waals surface area contributed by atoms with Crippen LogP contribution in [0.25, 0.3) is 0 Å². The molecule has 0 heterocycles. The van der Waals surface area contributed by atoms with E-state index < -0.39 is 0 Å². The van der Waals surface area contributed by atoms with Crippen LogP contribution in [0, 0.1) is 0 Å². The number of carbonyl (C=O) groups is 1. The molecule has 0 aliphatic carbocycles. The molecule has 86 valence electrons. The van der Waals surface area contributed by atoms with Crippen molar-refractivity contribution in [2.45, 2.75) is 26.2 Å². The molecule has 0 aliphatic heterocycles. The lowest BCUT2D eigenvalue weighted by Crippen LogP contribution is -2.16. The smallest absolute Gasteiger partial charge is 0.168 e. The van der Waals surface area contributed by atoms with Gasteiger partial charge in [-0.1, -0.05) is 50.3 Å². The standard InChI is InChI=1S/C14H19NO/c1-3-4-10-15-12(2)11-14(16)13-8-6-5-7-9-13/h5-9,15H,2-4,10-11H2,1H3. The lowest BCUT2D eigenvalue weighted by molar-refractivity contribution is 0.0991. The Bertz CT molecular complexity index is 343. The second-order valence-electron chi connectivity index (χ2n) is 3.85. The Hall–Kier alpha value is -1.57. The Balaban J connectivity index is 2.37. The number of carbonyl (C=O) groups excluding carboxylic acids is 1. The molecule has 0 fully saturated rings. The van der Waals surface area contributed by atoms with E-state index in [1.165, 1.54) is 0 Å². The molecule has 2 nitrogen and oxygen atoms in total. The molecule has 2 heteroatoms. The third-order valence-electron chi connectivity index (χ3n) is 2.38. The highest BCUT2D eigenvalue weighted by Crippen LogP contribution is 2.06. The molecule has 0 aromatic heterocycles. The molecular weight excluding hydrogens is 198 g/mol. The van der Waals surface area contributed by atoms with Crippen LogP contribution in [-0.4, -0.2) is 12.3 Å². The molecule has 16 heavy (non-hydrogen) atoms. The van der Waals surface area contributed by atoms with Crippen LogP contribution in [0.2, 0.25) is 0 Å². The lowest BCUT2D eigenvalue weighted by atomic mass is 10.1. The minimum atomic E-state index is 0.120. The summed E-state index contributed by atoms with van der Waals surface area (Å²) in [6.07, 6.45) is 2.64. The Labute approximate surface area is 97.4 Å². The Morgan fingerprint density at radius 3 is 2.62 bits per heavy atom. The number of hydrogen-bond acceptors (Lipinski definition) is 2. The number of hydrogen-bond donors (Lipinski definition) is 1. The summed E-state index contributed by atoms with van der Waals surface area (Å²) in [7, 11) is 0. The van der Waals surface area contributed by atoms with Gasteiger partial charge in [0, 0.05) is 17.8 Å². The summed E-state index contributed by atoms with van der Waals surface area (Å²) in [6.45, 7) is 6.90. The molecule has 1 aromatic carbocycles. The number of Topliss-reactive ketones (excluding diaryl/α,β-unsaturated/α-hetero) is 1. The summed E-state index contributed by atoms with van der Waals surface area (Å²) in [5.74, 6) is 0.120. The van der Waals surface area contributed by atoms with Crippen molar-refractivity contribution >= 4 is 5.78 Å². The Morgan fingerprint density at radius 2 is 2.00 bits per heavy atom. The maximum absolute atomic E-state index is 11.8. The first-order chi connectivity index (χ1) is 7.74. The van der Waals surface area contributed by atoms with Gasteiger partial charge in [0.2, 0.25) is 0 Å². The van der Waals surface area contributed by atoms with Crippen molar-refractivity contribution in [2.75, 3.05) is 6.54 Å². The van der Waals surface area contributed by atoms with Crippen molar-refractivity contribution in [3.63, 3.8) is 0 Å². The molecule has 0 unspecified atom stereocenters. The van der Waals surface area contributed by atoms with Gasteiger partial charge in [-0.3, -0.25) is 4.79 Å². The molecule has 0 amide bonds. The Kier molecular flexibility index (Phi) is 5.34. The van der Waals surface area contributed by atoms with Crippen LogP contribution in [0.3, 0.4) is 0 Å². The first kappa shape index (κ1) is 12.5. The maximum atomic E-state index is 11.8. The molecule has 0 bridgehead atoms. The molecule has 0 radical (unpaired) electrons. The van der Waals surface area contributed by atoms with Crippen molar-refractivity contribution in [1.29, 1.82) is 0 Å². The van der Waals surface area contributed by atoms with Crippen LogP contribution in [0.1, 0.15) is 36.5 Å². The molecule has 0 saturated heterocycles.